The van der Waals surface area contributed by atoms with Crippen LogP contribution in [0.25, 0.3) is 10.8 Å². The van der Waals surface area contributed by atoms with Gasteiger partial charge in [0.1, 0.15) is 0 Å². The third-order valence-corrected chi connectivity index (χ3v) is 4.08. The molecule has 1 aliphatic heterocycles. The molecule has 1 N–H and O–H groups in total. The van der Waals surface area contributed by atoms with Crippen LogP contribution in [0.5, 0.6) is 0 Å². The minimum absolute atomic E-state index is 0. The fraction of sp³-hybridized carbons (Fsp3) is 0.389. The average Bonchev–Trinajstić information content (AvgIpc) is 2.46. The quantitative estimate of drug-likeness (QED) is 0.923. The fourth-order valence-electron chi connectivity index (χ4n) is 3.17. The summed E-state index contributed by atoms with van der Waals surface area (Å²) in [6.45, 7) is 5.87. The molecule has 2 aromatic rings. The van der Waals surface area contributed by atoms with Crippen molar-refractivity contribution in [2.45, 2.75) is 32.4 Å². The van der Waals surface area contributed by atoms with E-state index >= 15 is 0 Å². The molecule has 2 aromatic carbocycles. The SMILES string of the molecule is CC1CN(C(=O)Cc2ccc3ccccc3c2)CC(C)N1.Cl. The Kier molecular flexibility index (Phi) is 5.43. The molecule has 1 aliphatic rings. The highest BCUT2D eigenvalue weighted by Gasteiger charge is 2.24. The molecule has 0 aliphatic carbocycles. The first-order chi connectivity index (χ1) is 10.1. The van der Waals surface area contributed by atoms with E-state index in [9.17, 15) is 4.79 Å². The smallest absolute Gasteiger partial charge is 0.227 e. The largest absolute Gasteiger partial charge is 0.339 e. The summed E-state index contributed by atoms with van der Waals surface area (Å²) in [5.74, 6) is 0.227. The number of benzene rings is 2. The van der Waals surface area contributed by atoms with Crippen LogP contribution in [-0.4, -0.2) is 36.0 Å². The number of nitrogens with one attached hydrogen (secondary N) is 1. The number of hydrogen-bond donors (Lipinski definition) is 1. The van der Waals surface area contributed by atoms with Gasteiger partial charge in [-0.05, 0) is 30.2 Å². The van der Waals surface area contributed by atoms with Gasteiger partial charge in [0.05, 0.1) is 6.42 Å². The summed E-state index contributed by atoms with van der Waals surface area (Å²) in [7, 11) is 0. The lowest BCUT2D eigenvalue weighted by molar-refractivity contribution is -0.132. The van der Waals surface area contributed by atoms with Gasteiger partial charge in [-0.15, -0.1) is 12.4 Å². The van der Waals surface area contributed by atoms with Gasteiger partial charge >= 0.3 is 0 Å². The van der Waals surface area contributed by atoms with Crippen molar-refractivity contribution >= 4 is 29.1 Å². The van der Waals surface area contributed by atoms with Crippen molar-refractivity contribution in [2.24, 2.45) is 0 Å². The first-order valence-corrected chi connectivity index (χ1v) is 7.63. The average molecular weight is 319 g/mol. The van der Waals surface area contributed by atoms with E-state index in [2.05, 4.69) is 49.5 Å². The van der Waals surface area contributed by atoms with Crippen LogP contribution in [0.3, 0.4) is 0 Å². The van der Waals surface area contributed by atoms with Crippen molar-refractivity contribution in [3.8, 4) is 0 Å². The second kappa shape index (κ2) is 7.12. The zero-order valence-electron chi connectivity index (χ0n) is 13.1. The zero-order valence-corrected chi connectivity index (χ0v) is 13.9. The topological polar surface area (TPSA) is 32.3 Å². The minimum Gasteiger partial charge on any atom is -0.339 e. The van der Waals surface area contributed by atoms with E-state index < -0.39 is 0 Å². The summed E-state index contributed by atoms with van der Waals surface area (Å²) in [4.78, 5) is 14.5. The van der Waals surface area contributed by atoms with Crippen molar-refractivity contribution in [1.29, 1.82) is 0 Å². The molecule has 0 saturated carbocycles. The maximum absolute atomic E-state index is 12.5. The molecule has 0 spiro atoms. The molecule has 3 nitrogen and oxygen atoms in total. The minimum atomic E-state index is 0. The Balaban J connectivity index is 0.00000176. The van der Waals surface area contributed by atoms with Gasteiger partial charge in [0.25, 0.3) is 0 Å². The number of carbonyl (C=O) groups excluding carboxylic acids is 1. The maximum Gasteiger partial charge on any atom is 0.227 e. The van der Waals surface area contributed by atoms with E-state index in [1.165, 1.54) is 10.8 Å². The molecule has 2 unspecified atom stereocenters. The van der Waals surface area contributed by atoms with Gasteiger partial charge in [0.2, 0.25) is 5.91 Å². The molecule has 3 rings (SSSR count). The molecule has 0 bridgehead atoms. The Labute approximate surface area is 138 Å². The van der Waals surface area contributed by atoms with Gasteiger partial charge in [-0.3, -0.25) is 4.79 Å². The number of halogens is 1. The first kappa shape index (κ1) is 16.8. The summed E-state index contributed by atoms with van der Waals surface area (Å²) >= 11 is 0. The van der Waals surface area contributed by atoms with Crippen LogP contribution in [0.2, 0.25) is 0 Å². The molecule has 118 valence electrons. The Morgan fingerprint density at radius 2 is 1.73 bits per heavy atom. The molecule has 1 amide bonds. The standard InChI is InChI=1S/C18H22N2O.ClH/c1-13-11-20(12-14(2)19-13)18(21)10-15-7-8-16-5-3-4-6-17(16)9-15;/h3-9,13-14,19H,10-12H2,1-2H3;1H. The van der Waals surface area contributed by atoms with Gasteiger partial charge < -0.3 is 10.2 Å². The van der Waals surface area contributed by atoms with Crippen molar-refractivity contribution in [1.82, 2.24) is 10.2 Å². The highest BCUT2D eigenvalue weighted by molar-refractivity contribution is 5.86. The fourth-order valence-corrected chi connectivity index (χ4v) is 3.17. The van der Waals surface area contributed by atoms with E-state index in [1.54, 1.807) is 0 Å². The van der Waals surface area contributed by atoms with Crippen molar-refractivity contribution in [3.05, 3.63) is 48.0 Å². The maximum atomic E-state index is 12.5. The molecule has 22 heavy (non-hydrogen) atoms. The number of amides is 1. The Morgan fingerprint density at radius 3 is 2.41 bits per heavy atom. The van der Waals surface area contributed by atoms with Crippen LogP contribution in [-0.2, 0) is 11.2 Å². The van der Waals surface area contributed by atoms with Crippen LogP contribution < -0.4 is 5.32 Å². The number of fused-ring (bicyclic) bond motifs is 1. The Morgan fingerprint density at radius 1 is 1.09 bits per heavy atom. The van der Waals surface area contributed by atoms with Crippen LogP contribution in [0.4, 0.5) is 0 Å². The lowest BCUT2D eigenvalue weighted by Gasteiger charge is -2.36. The molecule has 1 saturated heterocycles. The predicted molar refractivity (Wildman–Crippen MR) is 93.5 cm³/mol. The summed E-state index contributed by atoms with van der Waals surface area (Å²) in [5, 5.41) is 5.88. The van der Waals surface area contributed by atoms with E-state index in [1.807, 2.05) is 17.0 Å². The predicted octanol–water partition coefficient (Wildman–Crippen LogP) is 3.01. The molecule has 0 radical (unpaired) electrons. The van der Waals surface area contributed by atoms with E-state index in [0.29, 0.717) is 18.5 Å². The summed E-state index contributed by atoms with van der Waals surface area (Å²) in [6.07, 6.45) is 0.490. The number of rotatable bonds is 2. The van der Waals surface area contributed by atoms with Gasteiger partial charge in [-0.25, -0.2) is 0 Å². The molecular formula is C18H23ClN2O. The lowest BCUT2D eigenvalue weighted by atomic mass is 10.0. The molecule has 1 heterocycles. The van der Waals surface area contributed by atoms with Crippen LogP contribution in [0, 0.1) is 0 Å². The van der Waals surface area contributed by atoms with Crippen LogP contribution in [0.15, 0.2) is 42.5 Å². The Bertz CT molecular complexity index is 648. The summed E-state index contributed by atoms with van der Waals surface area (Å²) < 4.78 is 0. The third kappa shape index (κ3) is 3.79. The van der Waals surface area contributed by atoms with Crippen LogP contribution >= 0.6 is 12.4 Å². The second-order valence-electron chi connectivity index (χ2n) is 6.13. The van der Waals surface area contributed by atoms with E-state index in [0.717, 1.165) is 18.7 Å². The van der Waals surface area contributed by atoms with Gasteiger partial charge in [-0.2, -0.15) is 0 Å². The van der Waals surface area contributed by atoms with E-state index in [4.69, 9.17) is 0 Å². The third-order valence-electron chi connectivity index (χ3n) is 4.08. The van der Waals surface area contributed by atoms with Gasteiger partial charge in [0.15, 0.2) is 0 Å². The molecule has 2 atom stereocenters. The highest BCUT2D eigenvalue weighted by Crippen LogP contribution is 2.17. The van der Waals surface area contributed by atoms with E-state index in [-0.39, 0.29) is 18.3 Å². The number of piperazine rings is 1. The van der Waals surface area contributed by atoms with Crippen molar-refractivity contribution < 1.29 is 4.79 Å². The highest BCUT2D eigenvalue weighted by atomic mass is 35.5. The number of carbonyl (C=O) groups is 1. The lowest BCUT2D eigenvalue weighted by Crippen LogP contribution is -2.56. The van der Waals surface area contributed by atoms with Crippen LogP contribution in [0.1, 0.15) is 19.4 Å². The van der Waals surface area contributed by atoms with Crippen molar-refractivity contribution in [3.63, 3.8) is 0 Å². The number of nitrogens with zero attached hydrogens (tertiary/aromatic N) is 1. The Hall–Kier alpha value is -1.58. The first-order valence-electron chi connectivity index (χ1n) is 7.63. The monoisotopic (exact) mass is 318 g/mol. The molecule has 1 fully saturated rings. The second-order valence-corrected chi connectivity index (χ2v) is 6.13. The molecule has 0 aromatic heterocycles. The zero-order chi connectivity index (χ0) is 14.8. The normalized spacial score (nSPS) is 21.5. The van der Waals surface area contributed by atoms with Gasteiger partial charge in [-0.1, -0.05) is 42.5 Å². The molecular weight excluding hydrogens is 296 g/mol. The number of hydrogen-bond acceptors (Lipinski definition) is 2. The van der Waals surface area contributed by atoms with Gasteiger partial charge in [0, 0.05) is 25.2 Å². The van der Waals surface area contributed by atoms with Crippen molar-refractivity contribution in [2.75, 3.05) is 13.1 Å². The summed E-state index contributed by atoms with van der Waals surface area (Å²) in [5.41, 5.74) is 1.09. The molecule has 4 heteroatoms. The summed E-state index contributed by atoms with van der Waals surface area (Å²) in [6, 6.07) is 15.3.